The van der Waals surface area contributed by atoms with E-state index >= 15 is 0 Å². The maximum Gasteiger partial charge on any atom is 0.323 e. The number of carbonyl (C=O) groups is 1. The summed E-state index contributed by atoms with van der Waals surface area (Å²) in [6.07, 6.45) is 3.02. The van der Waals surface area contributed by atoms with Gasteiger partial charge in [0.1, 0.15) is 11.0 Å². The van der Waals surface area contributed by atoms with Gasteiger partial charge >= 0.3 is 5.97 Å². The van der Waals surface area contributed by atoms with Crippen molar-refractivity contribution in [1.82, 2.24) is 15.1 Å². The zero-order chi connectivity index (χ0) is 13.0. The van der Waals surface area contributed by atoms with E-state index in [1.807, 2.05) is 6.92 Å². The summed E-state index contributed by atoms with van der Waals surface area (Å²) in [7, 11) is 0. The van der Waals surface area contributed by atoms with Crippen LogP contribution in [0.4, 0.5) is 0 Å². The van der Waals surface area contributed by atoms with Gasteiger partial charge in [0.15, 0.2) is 0 Å². The third-order valence-electron chi connectivity index (χ3n) is 2.95. The first-order valence-electron chi connectivity index (χ1n) is 6.09. The molecule has 0 N–H and O–H groups in total. The summed E-state index contributed by atoms with van der Waals surface area (Å²) >= 11 is 7.12. The summed E-state index contributed by atoms with van der Waals surface area (Å²) in [6, 6.07) is -0.152. The number of likely N-dealkylation sites (tertiary alicyclic amines) is 1. The van der Waals surface area contributed by atoms with E-state index in [2.05, 4.69) is 15.1 Å². The Morgan fingerprint density at radius 2 is 2.39 bits per heavy atom. The van der Waals surface area contributed by atoms with Gasteiger partial charge in [-0.3, -0.25) is 9.69 Å². The molecule has 0 amide bonds. The molecule has 0 bridgehead atoms. The van der Waals surface area contributed by atoms with Crippen LogP contribution in [-0.4, -0.2) is 40.3 Å². The van der Waals surface area contributed by atoms with Crippen LogP contribution in [0.15, 0.2) is 0 Å². The molecule has 7 heteroatoms. The maximum absolute atomic E-state index is 11.9. The Bertz CT molecular complexity index is 413. The van der Waals surface area contributed by atoms with E-state index in [-0.39, 0.29) is 12.0 Å². The molecule has 0 saturated carbocycles. The highest BCUT2D eigenvalue weighted by Gasteiger charge is 2.30. The fraction of sp³-hybridized carbons (Fsp3) is 0.727. The quantitative estimate of drug-likeness (QED) is 0.795. The SMILES string of the molecule is CCOC(=O)C1CCCCN1Cc1nnc(Cl)s1. The van der Waals surface area contributed by atoms with Crippen molar-refractivity contribution in [2.24, 2.45) is 0 Å². The van der Waals surface area contributed by atoms with Crippen molar-refractivity contribution in [2.75, 3.05) is 13.2 Å². The van der Waals surface area contributed by atoms with E-state index < -0.39 is 0 Å². The molecule has 1 saturated heterocycles. The van der Waals surface area contributed by atoms with Gasteiger partial charge in [-0.15, -0.1) is 10.2 Å². The Labute approximate surface area is 115 Å². The number of hydrogen-bond donors (Lipinski definition) is 0. The lowest BCUT2D eigenvalue weighted by molar-refractivity contribution is -0.151. The van der Waals surface area contributed by atoms with Crippen LogP contribution in [0.3, 0.4) is 0 Å². The molecular weight excluding hydrogens is 274 g/mol. The lowest BCUT2D eigenvalue weighted by Gasteiger charge is -2.33. The van der Waals surface area contributed by atoms with Gasteiger partial charge in [-0.2, -0.15) is 0 Å². The molecule has 1 aromatic heterocycles. The van der Waals surface area contributed by atoms with Crippen molar-refractivity contribution >= 4 is 28.9 Å². The summed E-state index contributed by atoms with van der Waals surface area (Å²) in [5.74, 6) is -0.132. The zero-order valence-electron chi connectivity index (χ0n) is 10.3. The topological polar surface area (TPSA) is 55.3 Å². The largest absolute Gasteiger partial charge is 0.465 e. The third-order valence-corrected chi connectivity index (χ3v) is 3.96. The van der Waals surface area contributed by atoms with Crippen molar-refractivity contribution < 1.29 is 9.53 Å². The van der Waals surface area contributed by atoms with E-state index in [1.165, 1.54) is 11.3 Å². The normalized spacial score (nSPS) is 20.9. The average Bonchev–Trinajstić information content (AvgIpc) is 2.76. The number of halogens is 1. The van der Waals surface area contributed by atoms with Crippen LogP contribution in [-0.2, 0) is 16.1 Å². The van der Waals surface area contributed by atoms with Crippen LogP contribution < -0.4 is 0 Å². The first-order valence-corrected chi connectivity index (χ1v) is 7.28. The van der Waals surface area contributed by atoms with Crippen molar-refractivity contribution in [2.45, 2.75) is 38.8 Å². The monoisotopic (exact) mass is 289 g/mol. The van der Waals surface area contributed by atoms with Crippen LogP contribution >= 0.6 is 22.9 Å². The minimum absolute atomic E-state index is 0.132. The summed E-state index contributed by atoms with van der Waals surface area (Å²) in [5, 5.41) is 8.62. The van der Waals surface area contributed by atoms with Crippen LogP contribution in [0, 0.1) is 0 Å². The number of piperidine rings is 1. The predicted octanol–water partition coefficient (Wildman–Crippen LogP) is 2.11. The van der Waals surface area contributed by atoms with Crippen LogP contribution in [0.5, 0.6) is 0 Å². The number of esters is 1. The number of nitrogens with zero attached hydrogens (tertiary/aromatic N) is 3. The molecule has 0 aromatic carbocycles. The van der Waals surface area contributed by atoms with Gasteiger partial charge in [0.2, 0.25) is 4.47 Å². The van der Waals surface area contributed by atoms with E-state index in [0.29, 0.717) is 17.6 Å². The van der Waals surface area contributed by atoms with E-state index in [9.17, 15) is 4.79 Å². The van der Waals surface area contributed by atoms with Crippen LogP contribution in [0.2, 0.25) is 4.47 Å². The first kappa shape index (κ1) is 13.7. The van der Waals surface area contributed by atoms with Gasteiger partial charge in [0.05, 0.1) is 13.2 Å². The highest BCUT2D eigenvalue weighted by atomic mass is 35.5. The molecule has 0 spiro atoms. The summed E-state index contributed by atoms with van der Waals surface area (Å²) < 4.78 is 5.55. The molecule has 1 atom stereocenters. The minimum Gasteiger partial charge on any atom is -0.465 e. The molecule has 1 fully saturated rings. The Morgan fingerprint density at radius 3 is 3.06 bits per heavy atom. The Morgan fingerprint density at radius 1 is 1.56 bits per heavy atom. The number of aromatic nitrogens is 2. The summed E-state index contributed by atoms with van der Waals surface area (Å²) in [5.41, 5.74) is 0. The summed E-state index contributed by atoms with van der Waals surface area (Å²) in [4.78, 5) is 14.0. The zero-order valence-corrected chi connectivity index (χ0v) is 11.8. The second-order valence-electron chi connectivity index (χ2n) is 4.18. The second-order valence-corrected chi connectivity index (χ2v) is 5.83. The van der Waals surface area contributed by atoms with Crippen molar-refractivity contribution in [3.8, 4) is 0 Å². The second kappa shape index (κ2) is 6.45. The van der Waals surface area contributed by atoms with E-state index in [1.54, 1.807) is 0 Å². The molecule has 2 heterocycles. The van der Waals surface area contributed by atoms with Gasteiger partial charge in [-0.25, -0.2) is 0 Å². The molecule has 1 aliphatic heterocycles. The number of ether oxygens (including phenoxy) is 1. The van der Waals surface area contributed by atoms with Gasteiger partial charge in [0.25, 0.3) is 0 Å². The minimum atomic E-state index is -0.152. The highest BCUT2D eigenvalue weighted by molar-refractivity contribution is 7.15. The molecule has 18 heavy (non-hydrogen) atoms. The first-order chi connectivity index (χ1) is 8.70. The van der Waals surface area contributed by atoms with Crippen molar-refractivity contribution in [3.05, 3.63) is 9.47 Å². The van der Waals surface area contributed by atoms with Crippen molar-refractivity contribution in [1.29, 1.82) is 0 Å². The predicted molar refractivity (Wildman–Crippen MR) is 69.6 cm³/mol. The van der Waals surface area contributed by atoms with Gasteiger partial charge in [0, 0.05) is 0 Å². The highest BCUT2D eigenvalue weighted by Crippen LogP contribution is 2.23. The Balaban J connectivity index is 2.01. The molecule has 0 radical (unpaired) electrons. The molecule has 5 nitrogen and oxygen atoms in total. The van der Waals surface area contributed by atoms with Gasteiger partial charge < -0.3 is 4.74 Å². The maximum atomic E-state index is 11.9. The Kier molecular flexibility index (Phi) is 4.91. The fourth-order valence-corrected chi connectivity index (χ4v) is 3.05. The lowest BCUT2D eigenvalue weighted by Crippen LogP contribution is -2.44. The summed E-state index contributed by atoms with van der Waals surface area (Å²) in [6.45, 7) is 3.76. The molecule has 0 aliphatic carbocycles. The average molecular weight is 290 g/mol. The van der Waals surface area contributed by atoms with Gasteiger partial charge in [-0.1, -0.05) is 17.8 Å². The number of carbonyl (C=O) groups excluding carboxylic acids is 1. The van der Waals surface area contributed by atoms with E-state index in [0.717, 1.165) is 30.8 Å². The van der Waals surface area contributed by atoms with Gasteiger partial charge in [-0.05, 0) is 37.9 Å². The smallest absolute Gasteiger partial charge is 0.323 e. The molecular formula is C11H16ClN3O2S. The van der Waals surface area contributed by atoms with Crippen LogP contribution in [0.1, 0.15) is 31.2 Å². The lowest BCUT2D eigenvalue weighted by atomic mass is 10.0. The number of hydrogen-bond acceptors (Lipinski definition) is 6. The number of rotatable bonds is 4. The molecule has 1 aliphatic rings. The molecule has 2 rings (SSSR count). The fourth-order valence-electron chi connectivity index (χ4n) is 2.16. The van der Waals surface area contributed by atoms with Crippen molar-refractivity contribution in [3.63, 3.8) is 0 Å². The van der Waals surface area contributed by atoms with E-state index in [4.69, 9.17) is 16.3 Å². The van der Waals surface area contributed by atoms with Crippen LogP contribution in [0.25, 0.3) is 0 Å². The molecule has 1 aromatic rings. The molecule has 1 unspecified atom stereocenters. The third kappa shape index (κ3) is 3.40. The Hall–Kier alpha value is -0.720. The standard InChI is InChI=1S/C11H16ClN3O2S/c1-2-17-10(16)8-5-3-4-6-15(8)7-9-13-14-11(12)18-9/h8H,2-7H2,1H3. The molecule has 100 valence electrons.